The molecule has 0 saturated heterocycles. The van der Waals surface area contributed by atoms with Crippen LogP contribution in [0.5, 0.6) is 23.3 Å². The molecule has 9 nitrogen and oxygen atoms in total. The number of hydrogen-bond donors (Lipinski definition) is 0. The summed E-state index contributed by atoms with van der Waals surface area (Å²) in [5.74, 6) is 0.813. The van der Waals surface area contributed by atoms with Crippen LogP contribution in [0, 0.1) is 0 Å². The van der Waals surface area contributed by atoms with E-state index >= 15 is 0 Å². The zero-order chi connectivity index (χ0) is 26.2. The number of fused-ring (bicyclic) bond motifs is 3. The predicted molar refractivity (Wildman–Crippen MR) is 125 cm³/mol. The lowest BCUT2D eigenvalue weighted by atomic mass is 9.97. The van der Waals surface area contributed by atoms with Crippen LogP contribution in [-0.2, 0) is 25.7 Å². The Morgan fingerprint density at radius 1 is 1.03 bits per heavy atom. The first-order chi connectivity index (χ1) is 17.7. The van der Waals surface area contributed by atoms with Crippen LogP contribution in [0.15, 0.2) is 53.7 Å². The molecule has 0 fully saturated rings. The highest BCUT2D eigenvalue weighted by molar-refractivity contribution is 6.31. The van der Waals surface area contributed by atoms with Crippen molar-refractivity contribution in [1.82, 2.24) is 24.5 Å². The van der Waals surface area contributed by atoms with E-state index in [1.807, 2.05) is 18.2 Å². The van der Waals surface area contributed by atoms with Crippen molar-refractivity contribution in [2.24, 2.45) is 0 Å². The maximum absolute atomic E-state index is 13.0. The number of benzene rings is 1. The van der Waals surface area contributed by atoms with Gasteiger partial charge in [0.1, 0.15) is 12.4 Å². The Morgan fingerprint density at radius 2 is 1.81 bits per heavy atom. The van der Waals surface area contributed by atoms with E-state index in [2.05, 4.69) is 19.9 Å². The molecule has 3 aromatic heterocycles. The first kappa shape index (κ1) is 24.5. The van der Waals surface area contributed by atoms with Crippen LogP contribution in [0.25, 0.3) is 11.3 Å². The number of methoxy groups -OCH3 is 1. The summed E-state index contributed by atoms with van der Waals surface area (Å²) in [6, 6.07) is 8.01. The van der Waals surface area contributed by atoms with Gasteiger partial charge in [-0.25, -0.2) is 19.7 Å². The molecule has 0 aliphatic carbocycles. The molecule has 5 rings (SSSR count). The van der Waals surface area contributed by atoms with Crippen LogP contribution in [0.1, 0.15) is 17.0 Å². The third-order valence-corrected chi connectivity index (χ3v) is 5.87. The van der Waals surface area contributed by atoms with Crippen molar-refractivity contribution in [3.63, 3.8) is 0 Å². The molecule has 0 atom stereocenters. The number of aryl methyl sites for hydroxylation is 1. The van der Waals surface area contributed by atoms with Crippen molar-refractivity contribution in [2.75, 3.05) is 7.11 Å². The Hall–Kier alpha value is -4.19. The average Bonchev–Trinajstić information content (AvgIpc) is 2.88. The number of nitrogens with zero attached hydrogens (tertiary/aromatic N) is 5. The Morgan fingerprint density at radius 3 is 2.54 bits per heavy atom. The molecule has 0 radical (unpaired) electrons. The van der Waals surface area contributed by atoms with Crippen LogP contribution >= 0.6 is 11.6 Å². The van der Waals surface area contributed by atoms with Gasteiger partial charge in [0, 0.05) is 24.2 Å². The van der Waals surface area contributed by atoms with Crippen LogP contribution in [-0.4, -0.2) is 31.6 Å². The van der Waals surface area contributed by atoms with E-state index in [-0.39, 0.29) is 29.9 Å². The standard InChI is InChI=1S/C24H17ClF3N5O4/c1-35-14-2-3-16-13(6-14)4-5-33-19(16)8-22(32-23(33)34)36-12-20-29-9-15(10-30-20)37-21-7-17(24(26,27)28)18(25)11-31-21/h2-3,6-11H,4-5,12H2,1H3. The van der Waals surface area contributed by atoms with E-state index in [0.29, 0.717) is 24.7 Å². The number of pyridine rings is 1. The van der Waals surface area contributed by atoms with E-state index < -0.39 is 22.5 Å². The van der Waals surface area contributed by atoms with E-state index in [9.17, 15) is 18.0 Å². The summed E-state index contributed by atoms with van der Waals surface area (Å²) in [6.45, 7) is 0.377. The second kappa shape index (κ2) is 9.69. The van der Waals surface area contributed by atoms with E-state index in [1.54, 1.807) is 17.7 Å². The molecule has 0 unspecified atom stereocenters. The minimum atomic E-state index is -4.65. The van der Waals surface area contributed by atoms with E-state index in [1.165, 1.54) is 12.4 Å². The van der Waals surface area contributed by atoms with Gasteiger partial charge in [-0.2, -0.15) is 18.2 Å². The van der Waals surface area contributed by atoms with Gasteiger partial charge < -0.3 is 14.2 Å². The van der Waals surface area contributed by atoms with Gasteiger partial charge in [0.05, 0.1) is 42.0 Å². The number of hydrogen-bond acceptors (Lipinski definition) is 8. The highest BCUT2D eigenvalue weighted by Gasteiger charge is 2.34. The van der Waals surface area contributed by atoms with Gasteiger partial charge >= 0.3 is 11.9 Å². The van der Waals surface area contributed by atoms with Gasteiger partial charge in [0.25, 0.3) is 0 Å². The SMILES string of the molecule is COc1ccc2c(c1)CCn1c-2cc(OCc2ncc(Oc3cc(C(F)(F)F)c(Cl)cn3)cn2)nc1=O. The molecule has 190 valence electrons. The molecule has 0 N–H and O–H groups in total. The Bertz CT molecular complexity index is 1530. The third kappa shape index (κ3) is 5.19. The van der Waals surface area contributed by atoms with Crippen molar-refractivity contribution in [3.05, 3.63) is 81.4 Å². The van der Waals surface area contributed by atoms with E-state index in [4.69, 9.17) is 25.8 Å². The predicted octanol–water partition coefficient (Wildman–Crippen LogP) is 4.70. The molecular weight excluding hydrogens is 515 g/mol. The van der Waals surface area contributed by atoms with Gasteiger partial charge in [-0.05, 0) is 30.2 Å². The summed E-state index contributed by atoms with van der Waals surface area (Å²) >= 11 is 5.57. The molecule has 1 aliphatic heterocycles. The summed E-state index contributed by atoms with van der Waals surface area (Å²) in [4.78, 5) is 28.5. The number of aromatic nitrogens is 5. The lowest BCUT2D eigenvalue weighted by Crippen LogP contribution is -2.28. The van der Waals surface area contributed by atoms with Gasteiger partial charge in [-0.3, -0.25) is 4.57 Å². The van der Waals surface area contributed by atoms with Gasteiger partial charge in [-0.1, -0.05) is 11.6 Å². The zero-order valence-corrected chi connectivity index (χ0v) is 19.9. The minimum absolute atomic E-state index is 0.0592. The van der Waals surface area contributed by atoms with Crippen LogP contribution in [0.3, 0.4) is 0 Å². The number of ether oxygens (including phenoxy) is 3. The Labute approximate surface area is 212 Å². The van der Waals surface area contributed by atoms with Crippen molar-refractivity contribution in [1.29, 1.82) is 0 Å². The van der Waals surface area contributed by atoms with Crippen molar-refractivity contribution >= 4 is 11.6 Å². The molecule has 0 spiro atoms. The molecule has 4 aromatic rings. The summed E-state index contributed by atoms with van der Waals surface area (Å²) in [5.41, 5.74) is 1.11. The summed E-state index contributed by atoms with van der Waals surface area (Å²) in [6.07, 6.45) is -0.613. The van der Waals surface area contributed by atoms with Gasteiger partial charge in [0.2, 0.25) is 11.8 Å². The van der Waals surface area contributed by atoms with Crippen molar-refractivity contribution in [3.8, 4) is 34.5 Å². The average molecular weight is 532 g/mol. The summed E-state index contributed by atoms with van der Waals surface area (Å²) in [5, 5.41) is -0.540. The fourth-order valence-electron chi connectivity index (χ4n) is 3.81. The molecule has 4 heterocycles. The highest BCUT2D eigenvalue weighted by atomic mass is 35.5. The van der Waals surface area contributed by atoms with Crippen LogP contribution < -0.4 is 19.9 Å². The lowest BCUT2D eigenvalue weighted by Gasteiger charge is -2.22. The number of alkyl halides is 3. The smallest absolute Gasteiger partial charge is 0.418 e. The maximum atomic E-state index is 13.0. The molecule has 37 heavy (non-hydrogen) atoms. The largest absolute Gasteiger partial charge is 0.497 e. The minimum Gasteiger partial charge on any atom is -0.497 e. The fourth-order valence-corrected chi connectivity index (χ4v) is 4.02. The molecule has 1 aliphatic rings. The summed E-state index contributed by atoms with van der Waals surface area (Å²) < 4.78 is 56.9. The van der Waals surface area contributed by atoms with Gasteiger partial charge in [0.15, 0.2) is 11.6 Å². The van der Waals surface area contributed by atoms with Crippen molar-refractivity contribution in [2.45, 2.75) is 25.7 Å². The van der Waals surface area contributed by atoms with Gasteiger partial charge in [-0.15, -0.1) is 0 Å². The number of rotatable bonds is 6. The molecule has 13 heteroatoms. The molecule has 0 bridgehead atoms. The highest BCUT2D eigenvalue weighted by Crippen LogP contribution is 2.36. The first-order valence-electron chi connectivity index (χ1n) is 10.8. The lowest BCUT2D eigenvalue weighted by molar-refractivity contribution is -0.137. The molecular formula is C24H17ClF3N5O4. The second-order valence-corrected chi connectivity index (χ2v) is 8.32. The third-order valence-electron chi connectivity index (χ3n) is 5.57. The topological polar surface area (TPSA) is 101 Å². The molecule has 0 saturated carbocycles. The fraction of sp³-hybridized carbons (Fsp3) is 0.208. The maximum Gasteiger partial charge on any atom is 0.418 e. The second-order valence-electron chi connectivity index (χ2n) is 7.91. The first-order valence-corrected chi connectivity index (χ1v) is 11.2. The molecule has 0 amide bonds. The van der Waals surface area contributed by atoms with Crippen LogP contribution in [0.4, 0.5) is 13.2 Å². The Kier molecular flexibility index (Phi) is 6.42. The zero-order valence-electron chi connectivity index (χ0n) is 19.1. The van der Waals surface area contributed by atoms with Crippen LogP contribution in [0.2, 0.25) is 5.02 Å². The number of halogens is 4. The quantitative estimate of drug-likeness (QED) is 0.353. The van der Waals surface area contributed by atoms with Crippen molar-refractivity contribution < 1.29 is 27.4 Å². The summed E-state index contributed by atoms with van der Waals surface area (Å²) in [7, 11) is 1.60. The molecule has 1 aromatic carbocycles. The monoisotopic (exact) mass is 531 g/mol. The Balaban J connectivity index is 1.29. The normalized spacial score (nSPS) is 12.5. The van der Waals surface area contributed by atoms with E-state index in [0.717, 1.165) is 23.1 Å².